The summed E-state index contributed by atoms with van der Waals surface area (Å²) in [7, 11) is 0. The Labute approximate surface area is 79.3 Å². The van der Waals surface area contributed by atoms with Gasteiger partial charge in [0, 0.05) is 0 Å². The molecule has 0 amide bonds. The van der Waals surface area contributed by atoms with Crippen molar-refractivity contribution in [3.05, 3.63) is 0 Å². The summed E-state index contributed by atoms with van der Waals surface area (Å²) in [5.74, 6) is 1.98. The van der Waals surface area contributed by atoms with Gasteiger partial charge in [0.05, 0.1) is 5.92 Å². The number of carboxylic acids is 1. The standard InChI is InChI=1S/C11H18O2/c1-6(2)9-4-7-3-8(7)5-10(9)11(12)13/h6-10H,3-5H2,1-2H3,(H,12,13). The summed E-state index contributed by atoms with van der Waals surface area (Å²) in [6, 6.07) is 0. The van der Waals surface area contributed by atoms with Gasteiger partial charge in [0.15, 0.2) is 0 Å². The van der Waals surface area contributed by atoms with E-state index in [1.807, 2.05) is 0 Å². The zero-order valence-electron chi connectivity index (χ0n) is 8.36. The molecule has 0 spiro atoms. The number of fused-ring (bicyclic) bond motifs is 1. The highest BCUT2D eigenvalue weighted by molar-refractivity contribution is 5.70. The largest absolute Gasteiger partial charge is 0.481 e. The highest BCUT2D eigenvalue weighted by Crippen LogP contribution is 2.55. The molecule has 0 radical (unpaired) electrons. The minimum Gasteiger partial charge on any atom is -0.481 e. The zero-order chi connectivity index (χ0) is 9.59. The quantitative estimate of drug-likeness (QED) is 0.712. The Balaban J connectivity index is 2.07. The van der Waals surface area contributed by atoms with Gasteiger partial charge in [-0.15, -0.1) is 0 Å². The lowest BCUT2D eigenvalue weighted by atomic mass is 9.73. The number of aliphatic carboxylic acids is 1. The SMILES string of the molecule is CC(C)C1CC2CC2CC1C(=O)O. The molecule has 2 nitrogen and oxygen atoms in total. The molecule has 2 aliphatic carbocycles. The molecule has 0 heterocycles. The second-order valence-electron chi connectivity index (χ2n) is 5.08. The minimum absolute atomic E-state index is 0.0521. The molecule has 2 rings (SSSR count). The molecule has 1 N–H and O–H groups in total. The van der Waals surface area contributed by atoms with Crippen LogP contribution in [0, 0.1) is 29.6 Å². The first-order chi connectivity index (χ1) is 6.09. The molecule has 0 aromatic carbocycles. The van der Waals surface area contributed by atoms with Crippen molar-refractivity contribution < 1.29 is 9.90 Å². The van der Waals surface area contributed by atoms with Crippen LogP contribution >= 0.6 is 0 Å². The van der Waals surface area contributed by atoms with Gasteiger partial charge in [-0.2, -0.15) is 0 Å². The van der Waals surface area contributed by atoms with Crippen molar-refractivity contribution in [3.8, 4) is 0 Å². The van der Waals surface area contributed by atoms with Gasteiger partial charge in [-0.05, 0) is 42.9 Å². The van der Waals surface area contributed by atoms with Crippen LogP contribution in [0.25, 0.3) is 0 Å². The smallest absolute Gasteiger partial charge is 0.306 e. The van der Waals surface area contributed by atoms with Gasteiger partial charge in [0.2, 0.25) is 0 Å². The van der Waals surface area contributed by atoms with Crippen LogP contribution in [0.5, 0.6) is 0 Å². The van der Waals surface area contributed by atoms with Crippen molar-refractivity contribution >= 4 is 5.97 Å². The molecule has 2 fully saturated rings. The maximum Gasteiger partial charge on any atom is 0.306 e. The summed E-state index contributed by atoms with van der Waals surface area (Å²) >= 11 is 0. The topological polar surface area (TPSA) is 37.3 Å². The maximum atomic E-state index is 11.0. The van der Waals surface area contributed by atoms with E-state index in [9.17, 15) is 4.79 Å². The molecular weight excluding hydrogens is 164 g/mol. The summed E-state index contributed by atoms with van der Waals surface area (Å²) in [6.07, 6.45) is 3.41. The summed E-state index contributed by atoms with van der Waals surface area (Å²) in [5, 5.41) is 9.09. The molecule has 0 aromatic rings. The van der Waals surface area contributed by atoms with Crippen LogP contribution in [0.1, 0.15) is 33.1 Å². The van der Waals surface area contributed by atoms with Crippen LogP contribution in [0.3, 0.4) is 0 Å². The van der Waals surface area contributed by atoms with Crippen molar-refractivity contribution in [2.75, 3.05) is 0 Å². The Kier molecular flexibility index (Phi) is 2.09. The van der Waals surface area contributed by atoms with E-state index < -0.39 is 5.97 Å². The van der Waals surface area contributed by atoms with Gasteiger partial charge in [-0.3, -0.25) is 4.79 Å². The predicted octanol–water partition coefficient (Wildman–Crippen LogP) is 2.39. The predicted molar refractivity (Wildman–Crippen MR) is 50.3 cm³/mol. The van der Waals surface area contributed by atoms with E-state index in [0.29, 0.717) is 11.8 Å². The van der Waals surface area contributed by atoms with E-state index >= 15 is 0 Å². The van der Waals surface area contributed by atoms with Gasteiger partial charge < -0.3 is 5.11 Å². The highest BCUT2D eigenvalue weighted by Gasteiger charge is 2.49. The first-order valence-electron chi connectivity index (χ1n) is 5.32. The van der Waals surface area contributed by atoms with Crippen molar-refractivity contribution in [2.45, 2.75) is 33.1 Å². The summed E-state index contributed by atoms with van der Waals surface area (Å²) < 4.78 is 0. The van der Waals surface area contributed by atoms with E-state index in [-0.39, 0.29) is 5.92 Å². The van der Waals surface area contributed by atoms with Gasteiger partial charge in [0.25, 0.3) is 0 Å². The fourth-order valence-electron chi connectivity index (χ4n) is 2.92. The molecule has 2 aliphatic rings. The van der Waals surface area contributed by atoms with Crippen molar-refractivity contribution in [1.29, 1.82) is 0 Å². The van der Waals surface area contributed by atoms with Crippen LogP contribution < -0.4 is 0 Å². The second-order valence-corrected chi connectivity index (χ2v) is 5.08. The second kappa shape index (κ2) is 3.00. The van der Waals surface area contributed by atoms with Crippen molar-refractivity contribution in [1.82, 2.24) is 0 Å². The number of carboxylic acid groups (broad SMARTS) is 1. The summed E-state index contributed by atoms with van der Waals surface area (Å²) in [4.78, 5) is 11.0. The van der Waals surface area contributed by atoms with Crippen molar-refractivity contribution in [3.63, 3.8) is 0 Å². The maximum absolute atomic E-state index is 11.0. The van der Waals surface area contributed by atoms with Gasteiger partial charge >= 0.3 is 5.97 Å². The first-order valence-corrected chi connectivity index (χ1v) is 5.32. The van der Waals surface area contributed by atoms with E-state index in [1.54, 1.807) is 0 Å². The molecule has 4 atom stereocenters. The molecule has 2 saturated carbocycles. The molecular formula is C11H18O2. The Morgan fingerprint density at radius 1 is 1.23 bits per heavy atom. The average molecular weight is 182 g/mol. The normalized spacial score (nSPS) is 43.0. The third-order valence-electron chi connectivity index (χ3n) is 3.89. The zero-order valence-corrected chi connectivity index (χ0v) is 8.36. The Bertz CT molecular complexity index is 222. The van der Waals surface area contributed by atoms with Crippen molar-refractivity contribution in [2.24, 2.45) is 29.6 Å². The van der Waals surface area contributed by atoms with E-state index in [1.165, 1.54) is 12.8 Å². The van der Waals surface area contributed by atoms with Crippen LogP contribution in [-0.2, 0) is 4.79 Å². The molecule has 4 unspecified atom stereocenters. The molecule has 13 heavy (non-hydrogen) atoms. The summed E-state index contributed by atoms with van der Waals surface area (Å²) in [6.45, 7) is 4.31. The molecule has 74 valence electrons. The lowest BCUT2D eigenvalue weighted by Gasteiger charge is -2.31. The third-order valence-corrected chi connectivity index (χ3v) is 3.89. The van der Waals surface area contributed by atoms with Gasteiger partial charge in [-0.1, -0.05) is 13.8 Å². The molecule has 0 aliphatic heterocycles. The summed E-state index contributed by atoms with van der Waals surface area (Å²) in [5.41, 5.74) is 0. The van der Waals surface area contributed by atoms with E-state index in [4.69, 9.17) is 5.11 Å². The first kappa shape index (κ1) is 9.04. The lowest BCUT2D eigenvalue weighted by molar-refractivity contribution is -0.145. The van der Waals surface area contributed by atoms with Crippen LogP contribution in [-0.4, -0.2) is 11.1 Å². The number of carbonyl (C=O) groups is 1. The minimum atomic E-state index is -0.566. The fraction of sp³-hybridized carbons (Fsp3) is 0.909. The van der Waals surface area contributed by atoms with Crippen LogP contribution in [0.4, 0.5) is 0 Å². The average Bonchev–Trinajstić information content (AvgIpc) is 2.78. The Morgan fingerprint density at radius 3 is 2.38 bits per heavy atom. The molecule has 2 heteroatoms. The molecule has 0 saturated heterocycles. The third kappa shape index (κ3) is 1.59. The van der Waals surface area contributed by atoms with Crippen LogP contribution in [0.15, 0.2) is 0 Å². The van der Waals surface area contributed by atoms with Crippen LogP contribution in [0.2, 0.25) is 0 Å². The monoisotopic (exact) mass is 182 g/mol. The Morgan fingerprint density at radius 2 is 1.85 bits per heavy atom. The lowest BCUT2D eigenvalue weighted by Crippen LogP contribution is -2.31. The fourth-order valence-corrected chi connectivity index (χ4v) is 2.92. The number of hydrogen-bond acceptors (Lipinski definition) is 1. The van der Waals surface area contributed by atoms with Gasteiger partial charge in [0.1, 0.15) is 0 Å². The van der Waals surface area contributed by atoms with E-state index in [0.717, 1.165) is 18.3 Å². The molecule has 0 bridgehead atoms. The number of hydrogen-bond donors (Lipinski definition) is 1. The highest BCUT2D eigenvalue weighted by atomic mass is 16.4. The number of rotatable bonds is 2. The van der Waals surface area contributed by atoms with Gasteiger partial charge in [-0.25, -0.2) is 0 Å². The molecule has 0 aromatic heterocycles. The van der Waals surface area contributed by atoms with E-state index in [2.05, 4.69) is 13.8 Å². The Hall–Kier alpha value is -0.530.